The summed E-state index contributed by atoms with van der Waals surface area (Å²) in [6, 6.07) is 3.31. The second-order valence-corrected chi connectivity index (χ2v) is 5.76. The summed E-state index contributed by atoms with van der Waals surface area (Å²) >= 11 is 3.20. The van der Waals surface area contributed by atoms with E-state index < -0.39 is 0 Å². The highest BCUT2D eigenvalue weighted by Gasteiger charge is 2.20. The molecule has 0 saturated carbocycles. The van der Waals surface area contributed by atoms with Gasteiger partial charge in [-0.15, -0.1) is 0 Å². The van der Waals surface area contributed by atoms with Gasteiger partial charge in [0.05, 0.1) is 13.0 Å². The van der Waals surface area contributed by atoms with E-state index in [1.54, 1.807) is 24.0 Å². The Bertz CT molecular complexity index is 500. The van der Waals surface area contributed by atoms with Crippen LogP contribution >= 0.6 is 15.9 Å². The van der Waals surface area contributed by atoms with Gasteiger partial charge < -0.3 is 19.0 Å². The van der Waals surface area contributed by atoms with Crippen molar-refractivity contribution in [3.63, 3.8) is 0 Å². The van der Waals surface area contributed by atoms with Crippen LogP contribution in [0.5, 0.6) is 0 Å². The average molecular weight is 389 g/mol. The van der Waals surface area contributed by atoms with Crippen molar-refractivity contribution in [2.75, 3.05) is 39.3 Å². The predicted molar refractivity (Wildman–Crippen MR) is 91.3 cm³/mol. The molecule has 6 nitrogen and oxygen atoms in total. The standard InChI is InChI=1S/C16H25BrN2O4/c1-4-18(5-2)11-12-19(10-9-15(20)22-6-3)16(21)13-7-8-14(17)23-13/h7-8H,4-6,9-12H2,1-3H3. The highest BCUT2D eigenvalue weighted by Crippen LogP contribution is 2.16. The minimum atomic E-state index is -0.297. The van der Waals surface area contributed by atoms with E-state index in [1.165, 1.54) is 0 Å². The number of hydrogen-bond acceptors (Lipinski definition) is 5. The van der Waals surface area contributed by atoms with Crippen molar-refractivity contribution in [3.05, 3.63) is 22.6 Å². The summed E-state index contributed by atoms with van der Waals surface area (Å²) in [7, 11) is 0. The van der Waals surface area contributed by atoms with E-state index in [4.69, 9.17) is 9.15 Å². The maximum absolute atomic E-state index is 12.6. The Morgan fingerprint density at radius 2 is 1.83 bits per heavy atom. The third kappa shape index (κ3) is 6.74. The largest absolute Gasteiger partial charge is 0.466 e. The number of ether oxygens (including phenoxy) is 1. The van der Waals surface area contributed by atoms with Gasteiger partial charge in [0, 0.05) is 19.6 Å². The summed E-state index contributed by atoms with van der Waals surface area (Å²) < 4.78 is 10.8. The molecule has 1 heterocycles. The Kier molecular flexibility index (Phi) is 8.94. The second kappa shape index (κ2) is 10.4. The second-order valence-electron chi connectivity index (χ2n) is 4.98. The lowest BCUT2D eigenvalue weighted by atomic mass is 10.3. The zero-order valence-corrected chi connectivity index (χ0v) is 15.6. The number of carbonyl (C=O) groups is 2. The first-order valence-corrected chi connectivity index (χ1v) is 8.73. The van der Waals surface area contributed by atoms with Crippen molar-refractivity contribution < 1.29 is 18.7 Å². The van der Waals surface area contributed by atoms with E-state index in [-0.39, 0.29) is 24.1 Å². The van der Waals surface area contributed by atoms with Gasteiger partial charge in [-0.25, -0.2) is 0 Å². The molecule has 1 amide bonds. The van der Waals surface area contributed by atoms with E-state index in [0.717, 1.165) is 19.6 Å². The Morgan fingerprint density at radius 1 is 1.13 bits per heavy atom. The van der Waals surface area contributed by atoms with E-state index in [9.17, 15) is 9.59 Å². The number of carbonyl (C=O) groups excluding carboxylic acids is 2. The molecule has 23 heavy (non-hydrogen) atoms. The molecule has 0 atom stereocenters. The molecule has 0 unspecified atom stereocenters. The molecule has 1 aromatic heterocycles. The molecule has 0 fully saturated rings. The van der Waals surface area contributed by atoms with Crippen LogP contribution in [0.2, 0.25) is 0 Å². The van der Waals surface area contributed by atoms with Crippen LogP contribution in [0.4, 0.5) is 0 Å². The van der Waals surface area contributed by atoms with Gasteiger partial charge in [-0.3, -0.25) is 9.59 Å². The van der Waals surface area contributed by atoms with Crippen molar-refractivity contribution >= 4 is 27.8 Å². The van der Waals surface area contributed by atoms with Crippen LogP contribution in [0.25, 0.3) is 0 Å². The molecule has 0 spiro atoms. The Labute approximate surface area is 145 Å². The van der Waals surface area contributed by atoms with Crippen LogP contribution in [0.1, 0.15) is 37.7 Å². The van der Waals surface area contributed by atoms with Crippen LogP contribution < -0.4 is 0 Å². The van der Waals surface area contributed by atoms with Gasteiger partial charge in [0.1, 0.15) is 0 Å². The smallest absolute Gasteiger partial charge is 0.307 e. The third-order valence-electron chi connectivity index (χ3n) is 3.54. The van der Waals surface area contributed by atoms with Gasteiger partial charge in [-0.2, -0.15) is 0 Å². The normalized spacial score (nSPS) is 10.8. The summed E-state index contributed by atoms with van der Waals surface area (Å²) in [5.41, 5.74) is 0. The summed E-state index contributed by atoms with van der Waals surface area (Å²) in [4.78, 5) is 28.0. The summed E-state index contributed by atoms with van der Waals surface area (Å²) in [6.45, 7) is 9.72. The van der Waals surface area contributed by atoms with Gasteiger partial charge in [0.15, 0.2) is 10.4 Å². The zero-order valence-electron chi connectivity index (χ0n) is 14.0. The molecule has 0 aliphatic heterocycles. The SMILES string of the molecule is CCOC(=O)CCN(CCN(CC)CC)C(=O)c1ccc(Br)o1. The number of halogens is 1. The van der Waals surface area contributed by atoms with Crippen molar-refractivity contribution in [3.8, 4) is 0 Å². The van der Waals surface area contributed by atoms with Crippen molar-refractivity contribution in [2.24, 2.45) is 0 Å². The summed E-state index contributed by atoms with van der Waals surface area (Å²) in [5.74, 6) is -0.249. The molecule has 0 radical (unpaired) electrons. The fourth-order valence-electron chi connectivity index (χ4n) is 2.16. The highest BCUT2D eigenvalue weighted by molar-refractivity contribution is 9.10. The van der Waals surface area contributed by atoms with Gasteiger partial charge in [-0.1, -0.05) is 13.8 Å². The molecule has 0 saturated heterocycles. The lowest BCUT2D eigenvalue weighted by Crippen LogP contribution is -2.39. The number of likely N-dealkylation sites (N-methyl/N-ethyl adjacent to an activating group) is 1. The average Bonchev–Trinajstić information content (AvgIpc) is 2.97. The molecular formula is C16H25BrN2O4. The topological polar surface area (TPSA) is 63.0 Å². The molecule has 0 N–H and O–H groups in total. The molecule has 0 aromatic carbocycles. The monoisotopic (exact) mass is 388 g/mol. The maximum Gasteiger partial charge on any atom is 0.307 e. The summed E-state index contributed by atoms with van der Waals surface area (Å²) in [5, 5.41) is 0. The van der Waals surface area contributed by atoms with E-state index >= 15 is 0 Å². The highest BCUT2D eigenvalue weighted by atomic mass is 79.9. The predicted octanol–water partition coefficient (Wildman–Crippen LogP) is 2.78. The van der Waals surface area contributed by atoms with Crippen molar-refractivity contribution in [2.45, 2.75) is 27.2 Å². The molecule has 1 aromatic rings. The first kappa shape index (κ1) is 19.7. The van der Waals surface area contributed by atoms with Crippen molar-refractivity contribution in [1.82, 2.24) is 9.80 Å². The number of hydrogen-bond donors (Lipinski definition) is 0. The lowest BCUT2D eigenvalue weighted by molar-refractivity contribution is -0.143. The number of nitrogens with zero attached hydrogens (tertiary/aromatic N) is 2. The minimum absolute atomic E-state index is 0.180. The number of amides is 1. The molecule has 0 bridgehead atoms. The van der Waals surface area contributed by atoms with Crippen LogP contribution in [0, 0.1) is 0 Å². The Morgan fingerprint density at radius 3 is 2.35 bits per heavy atom. The van der Waals surface area contributed by atoms with Crippen molar-refractivity contribution in [1.29, 1.82) is 0 Å². The molecule has 7 heteroatoms. The molecule has 0 aliphatic carbocycles. The fourth-order valence-corrected chi connectivity index (χ4v) is 2.47. The number of esters is 1. The molecule has 0 aliphatic rings. The van der Waals surface area contributed by atoms with Gasteiger partial charge in [-0.05, 0) is 48.1 Å². The van der Waals surface area contributed by atoms with Crippen LogP contribution in [0.15, 0.2) is 21.2 Å². The lowest BCUT2D eigenvalue weighted by Gasteiger charge is -2.25. The first-order chi connectivity index (χ1) is 11.0. The van der Waals surface area contributed by atoms with Gasteiger partial charge in [0.25, 0.3) is 5.91 Å². The van der Waals surface area contributed by atoms with E-state index in [1.807, 2.05) is 0 Å². The quantitative estimate of drug-likeness (QED) is 0.576. The first-order valence-electron chi connectivity index (χ1n) is 7.94. The van der Waals surface area contributed by atoms with E-state index in [0.29, 0.717) is 24.4 Å². The molecular weight excluding hydrogens is 364 g/mol. The number of rotatable bonds is 10. The van der Waals surface area contributed by atoms with Gasteiger partial charge in [0.2, 0.25) is 0 Å². The van der Waals surface area contributed by atoms with E-state index in [2.05, 4.69) is 34.7 Å². The van der Waals surface area contributed by atoms with Crippen LogP contribution in [-0.4, -0.2) is 61.0 Å². The third-order valence-corrected chi connectivity index (χ3v) is 3.97. The van der Waals surface area contributed by atoms with Gasteiger partial charge >= 0.3 is 5.97 Å². The molecule has 1 rings (SSSR count). The Hall–Kier alpha value is -1.34. The molecule has 130 valence electrons. The number of furan rings is 1. The zero-order chi connectivity index (χ0) is 17.2. The Balaban J connectivity index is 2.70. The minimum Gasteiger partial charge on any atom is -0.466 e. The maximum atomic E-state index is 12.6. The summed E-state index contributed by atoms with van der Waals surface area (Å²) in [6.07, 6.45) is 0.180. The van der Waals surface area contributed by atoms with Crippen LogP contribution in [0.3, 0.4) is 0 Å². The van der Waals surface area contributed by atoms with Crippen LogP contribution in [-0.2, 0) is 9.53 Å². The fraction of sp³-hybridized carbons (Fsp3) is 0.625.